The lowest BCUT2D eigenvalue weighted by molar-refractivity contribution is -0.134. The fourth-order valence-corrected chi connectivity index (χ4v) is 4.29. The number of rotatable bonds is 5. The van der Waals surface area contributed by atoms with Crippen LogP contribution in [-0.4, -0.2) is 63.9 Å². The fraction of sp³-hybridized carbons (Fsp3) is 0.478. The molecule has 2 saturated heterocycles. The summed E-state index contributed by atoms with van der Waals surface area (Å²) < 4.78 is 6.25. The van der Waals surface area contributed by atoms with Crippen LogP contribution in [0.25, 0.3) is 0 Å². The first kappa shape index (κ1) is 20.3. The molecule has 0 radical (unpaired) electrons. The molecule has 2 aromatic rings. The van der Waals surface area contributed by atoms with Crippen LogP contribution >= 0.6 is 0 Å². The molecule has 3 heterocycles. The number of amides is 2. The zero-order valence-corrected chi connectivity index (χ0v) is 17.2. The van der Waals surface area contributed by atoms with E-state index in [1.54, 1.807) is 11.1 Å². The van der Waals surface area contributed by atoms with Crippen LogP contribution in [0.4, 0.5) is 0 Å². The van der Waals surface area contributed by atoms with Crippen molar-refractivity contribution in [3.8, 4) is 5.75 Å². The Morgan fingerprint density at radius 2 is 1.80 bits per heavy atom. The van der Waals surface area contributed by atoms with E-state index >= 15 is 0 Å². The second-order valence-electron chi connectivity index (χ2n) is 8.01. The van der Waals surface area contributed by atoms with Gasteiger partial charge in [0.15, 0.2) is 0 Å². The molecular weight excluding hydrogens is 380 g/mol. The van der Waals surface area contributed by atoms with Gasteiger partial charge < -0.3 is 14.5 Å². The highest BCUT2D eigenvalue weighted by molar-refractivity contribution is 5.92. The van der Waals surface area contributed by atoms with Gasteiger partial charge in [-0.1, -0.05) is 18.2 Å². The average molecular weight is 409 g/mol. The first-order valence-electron chi connectivity index (χ1n) is 10.8. The first-order chi connectivity index (χ1) is 14.7. The maximum atomic E-state index is 13.0. The van der Waals surface area contributed by atoms with Crippen LogP contribution in [0.3, 0.4) is 0 Å². The summed E-state index contributed by atoms with van der Waals surface area (Å²) in [5.41, 5.74) is 0.334. The Labute approximate surface area is 177 Å². The Bertz CT molecular complexity index is 840. The second kappa shape index (κ2) is 9.69. The lowest BCUT2D eigenvalue weighted by Gasteiger charge is -2.39. The number of hydrogen-bond donors (Lipinski definition) is 0. The summed E-state index contributed by atoms with van der Waals surface area (Å²) in [5.74, 6) is 0.757. The van der Waals surface area contributed by atoms with E-state index in [-0.39, 0.29) is 23.8 Å². The molecule has 2 fully saturated rings. The molecule has 7 heteroatoms. The average Bonchev–Trinajstić information content (AvgIpc) is 2.81. The lowest BCUT2D eigenvalue weighted by Crippen LogP contribution is -2.50. The molecule has 4 rings (SSSR count). The molecule has 30 heavy (non-hydrogen) atoms. The highest BCUT2D eigenvalue weighted by Gasteiger charge is 2.36. The largest absolute Gasteiger partial charge is 0.490 e. The van der Waals surface area contributed by atoms with E-state index in [4.69, 9.17) is 4.74 Å². The maximum Gasteiger partial charge on any atom is 0.274 e. The third-order valence-electron chi connectivity index (χ3n) is 5.91. The molecular formula is C23H28N4O3. The number of piperidine rings is 2. The van der Waals surface area contributed by atoms with Gasteiger partial charge in [-0.05, 0) is 31.4 Å². The Hall–Kier alpha value is -2.96. The number of aromatic nitrogens is 2. The molecule has 0 bridgehead atoms. The topological polar surface area (TPSA) is 75.6 Å². The Morgan fingerprint density at radius 1 is 1.00 bits per heavy atom. The van der Waals surface area contributed by atoms with E-state index < -0.39 is 0 Å². The second-order valence-corrected chi connectivity index (χ2v) is 8.01. The van der Waals surface area contributed by atoms with E-state index in [0.29, 0.717) is 31.6 Å². The summed E-state index contributed by atoms with van der Waals surface area (Å²) in [7, 11) is 0. The van der Waals surface area contributed by atoms with Gasteiger partial charge in [-0.2, -0.15) is 0 Å². The van der Waals surface area contributed by atoms with Crippen LogP contribution in [-0.2, 0) is 4.79 Å². The minimum absolute atomic E-state index is 0.0611. The van der Waals surface area contributed by atoms with E-state index in [1.807, 2.05) is 35.2 Å². The molecule has 7 nitrogen and oxygen atoms in total. The van der Waals surface area contributed by atoms with Crippen LogP contribution in [0, 0.1) is 5.92 Å². The molecule has 0 spiro atoms. The van der Waals surface area contributed by atoms with Crippen molar-refractivity contribution in [3.63, 3.8) is 0 Å². The normalized spacial score (nSPS) is 21.9. The van der Waals surface area contributed by atoms with E-state index in [0.717, 1.165) is 31.7 Å². The van der Waals surface area contributed by atoms with Crippen molar-refractivity contribution in [2.24, 2.45) is 5.92 Å². The minimum atomic E-state index is -0.142. The molecule has 0 unspecified atom stereocenters. The van der Waals surface area contributed by atoms with E-state index in [9.17, 15) is 9.59 Å². The first-order valence-corrected chi connectivity index (χ1v) is 10.8. The van der Waals surface area contributed by atoms with Crippen molar-refractivity contribution < 1.29 is 14.3 Å². The van der Waals surface area contributed by atoms with Gasteiger partial charge in [0.2, 0.25) is 5.91 Å². The Balaban J connectivity index is 1.47. The van der Waals surface area contributed by atoms with Crippen LogP contribution in [0.5, 0.6) is 5.75 Å². The molecule has 2 aliphatic heterocycles. The van der Waals surface area contributed by atoms with Gasteiger partial charge in [-0.25, -0.2) is 4.98 Å². The molecule has 0 N–H and O–H groups in total. The van der Waals surface area contributed by atoms with Crippen LogP contribution < -0.4 is 4.74 Å². The molecule has 158 valence electrons. The quantitative estimate of drug-likeness (QED) is 0.760. The summed E-state index contributed by atoms with van der Waals surface area (Å²) in [6, 6.07) is 9.69. The van der Waals surface area contributed by atoms with Gasteiger partial charge in [-0.15, -0.1) is 0 Å². The summed E-state index contributed by atoms with van der Waals surface area (Å²) >= 11 is 0. The number of ether oxygens (including phenoxy) is 1. The van der Waals surface area contributed by atoms with Crippen LogP contribution in [0.15, 0.2) is 48.9 Å². The smallest absolute Gasteiger partial charge is 0.274 e. The highest BCUT2D eigenvalue weighted by atomic mass is 16.5. The van der Waals surface area contributed by atoms with Crippen molar-refractivity contribution in [1.29, 1.82) is 0 Å². The summed E-state index contributed by atoms with van der Waals surface area (Å²) in [4.78, 5) is 37.7. The SMILES string of the molecule is O=C(C[C@H]1CN(C(=O)c2cnccn2)CC[C@@H]1Oc1ccccc1)N1CCCCC1. The standard InChI is InChI=1S/C23H28N4O3/c28-22(26-12-5-2-6-13-26)15-18-17-27(23(29)20-16-24-10-11-25-20)14-9-21(18)30-19-7-3-1-4-8-19/h1,3-4,7-8,10-11,16,18,21H,2,5-6,9,12-15,17H2/t18-,21-/m0/s1. The number of hydrogen-bond acceptors (Lipinski definition) is 5. The van der Waals surface area contributed by atoms with Crippen molar-refractivity contribution in [3.05, 3.63) is 54.6 Å². The van der Waals surface area contributed by atoms with Gasteiger partial charge in [0.1, 0.15) is 17.5 Å². The highest BCUT2D eigenvalue weighted by Crippen LogP contribution is 2.27. The summed E-state index contributed by atoms with van der Waals surface area (Å²) in [5, 5.41) is 0. The third kappa shape index (κ3) is 4.96. The number of benzene rings is 1. The van der Waals surface area contributed by atoms with Crippen LogP contribution in [0.2, 0.25) is 0 Å². The number of carbonyl (C=O) groups excluding carboxylic acids is 2. The van der Waals surface area contributed by atoms with Crippen molar-refractivity contribution in [2.45, 2.75) is 38.2 Å². The number of carbonyl (C=O) groups is 2. The molecule has 1 aromatic carbocycles. The van der Waals surface area contributed by atoms with Gasteiger partial charge in [0.25, 0.3) is 5.91 Å². The molecule has 1 aromatic heterocycles. The third-order valence-corrected chi connectivity index (χ3v) is 5.91. The van der Waals surface area contributed by atoms with Gasteiger partial charge in [0.05, 0.1) is 6.20 Å². The molecule has 2 aliphatic rings. The van der Waals surface area contributed by atoms with Gasteiger partial charge >= 0.3 is 0 Å². The van der Waals surface area contributed by atoms with Crippen molar-refractivity contribution in [2.75, 3.05) is 26.2 Å². The minimum Gasteiger partial charge on any atom is -0.490 e. The fourth-order valence-electron chi connectivity index (χ4n) is 4.29. The number of nitrogens with zero attached hydrogens (tertiary/aromatic N) is 4. The van der Waals surface area contributed by atoms with Crippen molar-refractivity contribution in [1.82, 2.24) is 19.8 Å². The maximum absolute atomic E-state index is 13.0. The number of likely N-dealkylation sites (tertiary alicyclic amines) is 2. The zero-order valence-electron chi connectivity index (χ0n) is 17.2. The Kier molecular flexibility index (Phi) is 6.57. The number of para-hydroxylation sites is 1. The van der Waals surface area contributed by atoms with Crippen molar-refractivity contribution >= 4 is 11.8 Å². The molecule has 0 aliphatic carbocycles. The monoisotopic (exact) mass is 408 g/mol. The molecule has 2 atom stereocenters. The molecule has 2 amide bonds. The summed E-state index contributed by atoms with van der Waals surface area (Å²) in [6.45, 7) is 2.71. The predicted molar refractivity (Wildman–Crippen MR) is 112 cm³/mol. The lowest BCUT2D eigenvalue weighted by atomic mass is 9.90. The zero-order chi connectivity index (χ0) is 20.8. The van der Waals surface area contributed by atoms with Crippen LogP contribution in [0.1, 0.15) is 42.6 Å². The van der Waals surface area contributed by atoms with Gasteiger partial charge in [0, 0.05) is 57.3 Å². The Morgan fingerprint density at radius 3 is 2.53 bits per heavy atom. The van der Waals surface area contributed by atoms with E-state index in [1.165, 1.54) is 18.8 Å². The summed E-state index contributed by atoms with van der Waals surface area (Å²) in [6.07, 6.45) is 8.85. The van der Waals surface area contributed by atoms with E-state index in [2.05, 4.69) is 9.97 Å². The molecule has 0 saturated carbocycles. The predicted octanol–water partition coefficient (Wildman–Crippen LogP) is 2.79. The van der Waals surface area contributed by atoms with Gasteiger partial charge in [-0.3, -0.25) is 14.6 Å².